The van der Waals surface area contributed by atoms with Gasteiger partial charge >= 0.3 is 0 Å². The number of hydrogen-bond donors (Lipinski definition) is 0. The van der Waals surface area contributed by atoms with Crippen molar-refractivity contribution in [3.63, 3.8) is 0 Å². The number of aromatic nitrogens is 3. The molecule has 16 heavy (non-hydrogen) atoms. The highest BCUT2D eigenvalue weighted by molar-refractivity contribution is 5.49. The molecule has 2 aromatic rings. The summed E-state index contributed by atoms with van der Waals surface area (Å²) in [5, 5.41) is 8.14. The Morgan fingerprint density at radius 2 is 1.94 bits per heavy atom. The van der Waals surface area contributed by atoms with E-state index in [0.717, 1.165) is 17.3 Å². The lowest BCUT2D eigenvalue weighted by atomic mass is 10.1. The number of aryl methyl sites for hydroxylation is 3. The lowest BCUT2D eigenvalue weighted by Crippen LogP contribution is -2.02. The van der Waals surface area contributed by atoms with Crippen molar-refractivity contribution in [2.75, 3.05) is 0 Å². The molecule has 0 atom stereocenters. The van der Waals surface area contributed by atoms with Gasteiger partial charge in [0.15, 0.2) is 5.82 Å². The zero-order valence-electron chi connectivity index (χ0n) is 9.86. The van der Waals surface area contributed by atoms with Crippen LogP contribution in [0.15, 0.2) is 24.8 Å². The first-order valence-corrected chi connectivity index (χ1v) is 5.25. The van der Waals surface area contributed by atoms with E-state index >= 15 is 0 Å². The molecule has 1 aromatic heterocycles. The van der Waals surface area contributed by atoms with E-state index in [-0.39, 0.29) is 0 Å². The van der Waals surface area contributed by atoms with Crippen LogP contribution in [-0.4, -0.2) is 14.8 Å². The van der Waals surface area contributed by atoms with Crippen LogP contribution in [0.3, 0.4) is 0 Å². The molecule has 3 nitrogen and oxygen atoms in total. The summed E-state index contributed by atoms with van der Waals surface area (Å²) in [4.78, 5) is 0. The standard InChI is InChI=1S/C13H15N3/c1-5-13-15-14-11(4)16(13)12-7-6-9(2)8-10(12)3/h5-8H,1H2,2-4H3. The van der Waals surface area contributed by atoms with E-state index < -0.39 is 0 Å². The van der Waals surface area contributed by atoms with E-state index in [1.54, 1.807) is 6.08 Å². The molecule has 0 N–H and O–H groups in total. The van der Waals surface area contributed by atoms with Crippen LogP contribution in [0.5, 0.6) is 0 Å². The van der Waals surface area contributed by atoms with Crippen molar-refractivity contribution in [2.45, 2.75) is 20.8 Å². The van der Waals surface area contributed by atoms with Crippen LogP contribution in [0.25, 0.3) is 11.8 Å². The van der Waals surface area contributed by atoms with Crippen LogP contribution in [0.2, 0.25) is 0 Å². The summed E-state index contributed by atoms with van der Waals surface area (Å²) >= 11 is 0. The zero-order chi connectivity index (χ0) is 11.7. The number of hydrogen-bond acceptors (Lipinski definition) is 2. The highest BCUT2D eigenvalue weighted by Gasteiger charge is 2.09. The van der Waals surface area contributed by atoms with Gasteiger partial charge in [-0.1, -0.05) is 24.3 Å². The van der Waals surface area contributed by atoms with Gasteiger partial charge in [-0.25, -0.2) is 0 Å². The molecular formula is C13H15N3. The Kier molecular flexibility index (Phi) is 2.60. The molecule has 0 aliphatic carbocycles. The highest BCUT2D eigenvalue weighted by Crippen LogP contribution is 2.19. The predicted octanol–water partition coefficient (Wildman–Crippen LogP) is 2.84. The van der Waals surface area contributed by atoms with Gasteiger partial charge in [0.25, 0.3) is 0 Å². The molecule has 0 bridgehead atoms. The summed E-state index contributed by atoms with van der Waals surface area (Å²) in [6.45, 7) is 9.88. The Balaban J connectivity index is 2.66. The van der Waals surface area contributed by atoms with Gasteiger partial charge < -0.3 is 0 Å². The summed E-state index contributed by atoms with van der Waals surface area (Å²) in [5.41, 5.74) is 3.58. The monoisotopic (exact) mass is 213 g/mol. The lowest BCUT2D eigenvalue weighted by molar-refractivity contribution is 0.954. The largest absolute Gasteiger partial charge is 0.279 e. The van der Waals surface area contributed by atoms with Crippen molar-refractivity contribution in [2.24, 2.45) is 0 Å². The second-order valence-electron chi connectivity index (χ2n) is 3.93. The molecule has 2 rings (SSSR count). The summed E-state index contributed by atoms with van der Waals surface area (Å²) < 4.78 is 2.02. The number of rotatable bonds is 2. The van der Waals surface area contributed by atoms with Gasteiger partial charge in [0, 0.05) is 0 Å². The lowest BCUT2D eigenvalue weighted by Gasteiger charge is -2.10. The van der Waals surface area contributed by atoms with Gasteiger partial charge in [-0.05, 0) is 38.5 Å². The second kappa shape index (κ2) is 3.93. The first kappa shape index (κ1) is 10.6. The fraction of sp³-hybridized carbons (Fsp3) is 0.231. The quantitative estimate of drug-likeness (QED) is 0.768. The normalized spacial score (nSPS) is 10.4. The Labute approximate surface area is 95.5 Å². The third-order valence-corrected chi connectivity index (χ3v) is 2.63. The molecule has 0 radical (unpaired) electrons. The smallest absolute Gasteiger partial charge is 0.160 e. The SMILES string of the molecule is C=Cc1nnc(C)n1-c1ccc(C)cc1C. The van der Waals surface area contributed by atoms with Crippen molar-refractivity contribution in [3.8, 4) is 5.69 Å². The molecule has 0 unspecified atom stereocenters. The summed E-state index contributed by atoms with van der Waals surface area (Å²) in [6, 6.07) is 6.34. The average molecular weight is 213 g/mol. The van der Waals surface area contributed by atoms with Gasteiger partial charge in [0.1, 0.15) is 5.82 Å². The van der Waals surface area contributed by atoms with E-state index in [1.807, 2.05) is 11.5 Å². The molecule has 0 aliphatic heterocycles. The van der Waals surface area contributed by atoms with E-state index in [0.29, 0.717) is 0 Å². The molecule has 0 saturated carbocycles. The maximum absolute atomic E-state index is 4.07. The summed E-state index contributed by atoms with van der Waals surface area (Å²) in [6.07, 6.45) is 1.72. The van der Waals surface area contributed by atoms with Gasteiger partial charge in [-0.2, -0.15) is 0 Å². The van der Waals surface area contributed by atoms with Gasteiger partial charge in [-0.15, -0.1) is 10.2 Å². The van der Waals surface area contributed by atoms with Crippen molar-refractivity contribution >= 4 is 6.08 Å². The van der Waals surface area contributed by atoms with Crippen LogP contribution in [-0.2, 0) is 0 Å². The maximum atomic E-state index is 4.07. The Morgan fingerprint density at radius 1 is 1.19 bits per heavy atom. The van der Waals surface area contributed by atoms with Crippen LogP contribution in [0, 0.1) is 20.8 Å². The third-order valence-electron chi connectivity index (χ3n) is 2.63. The Morgan fingerprint density at radius 3 is 2.56 bits per heavy atom. The minimum atomic E-state index is 0.782. The first-order chi connectivity index (χ1) is 7.63. The average Bonchev–Trinajstić information content (AvgIpc) is 2.60. The zero-order valence-corrected chi connectivity index (χ0v) is 9.86. The third kappa shape index (κ3) is 1.65. The Bertz CT molecular complexity index is 538. The van der Waals surface area contributed by atoms with Crippen LogP contribution >= 0.6 is 0 Å². The molecule has 82 valence electrons. The summed E-state index contributed by atoms with van der Waals surface area (Å²) in [5.74, 6) is 1.66. The molecule has 1 heterocycles. The van der Waals surface area contributed by atoms with Crippen molar-refractivity contribution in [1.29, 1.82) is 0 Å². The van der Waals surface area contributed by atoms with Crippen molar-refractivity contribution < 1.29 is 0 Å². The molecule has 0 fully saturated rings. The molecule has 0 amide bonds. The van der Waals surface area contributed by atoms with Crippen molar-refractivity contribution in [3.05, 3.63) is 47.6 Å². The van der Waals surface area contributed by atoms with Gasteiger partial charge in [-0.3, -0.25) is 4.57 Å². The predicted molar refractivity (Wildman–Crippen MR) is 65.7 cm³/mol. The van der Waals surface area contributed by atoms with Crippen LogP contribution < -0.4 is 0 Å². The van der Waals surface area contributed by atoms with E-state index in [1.165, 1.54) is 11.1 Å². The molecule has 1 aromatic carbocycles. The molecule has 0 saturated heterocycles. The van der Waals surface area contributed by atoms with Crippen LogP contribution in [0.4, 0.5) is 0 Å². The minimum absolute atomic E-state index is 0.782. The van der Waals surface area contributed by atoms with E-state index in [2.05, 4.69) is 48.8 Å². The summed E-state index contributed by atoms with van der Waals surface area (Å²) in [7, 11) is 0. The van der Waals surface area contributed by atoms with Crippen LogP contribution in [0.1, 0.15) is 22.8 Å². The molecule has 0 spiro atoms. The van der Waals surface area contributed by atoms with Gasteiger partial charge in [0.05, 0.1) is 5.69 Å². The highest BCUT2D eigenvalue weighted by atomic mass is 15.3. The van der Waals surface area contributed by atoms with Crippen molar-refractivity contribution in [1.82, 2.24) is 14.8 Å². The van der Waals surface area contributed by atoms with E-state index in [4.69, 9.17) is 0 Å². The molecule has 3 heteroatoms. The maximum Gasteiger partial charge on any atom is 0.160 e. The second-order valence-corrected chi connectivity index (χ2v) is 3.93. The fourth-order valence-electron chi connectivity index (χ4n) is 1.86. The first-order valence-electron chi connectivity index (χ1n) is 5.25. The number of benzene rings is 1. The molecule has 0 aliphatic rings. The van der Waals surface area contributed by atoms with Gasteiger partial charge in [0.2, 0.25) is 0 Å². The number of nitrogens with zero attached hydrogens (tertiary/aromatic N) is 3. The molecular weight excluding hydrogens is 198 g/mol. The topological polar surface area (TPSA) is 30.7 Å². The minimum Gasteiger partial charge on any atom is -0.279 e. The Hall–Kier alpha value is -1.90. The fourth-order valence-corrected chi connectivity index (χ4v) is 1.86. The van der Waals surface area contributed by atoms with E-state index in [9.17, 15) is 0 Å².